The van der Waals surface area contributed by atoms with E-state index in [1.807, 2.05) is 0 Å². The van der Waals surface area contributed by atoms with Crippen LogP contribution >= 0.6 is 0 Å². The Morgan fingerprint density at radius 1 is 1.38 bits per heavy atom. The van der Waals surface area contributed by atoms with E-state index in [2.05, 4.69) is 18.6 Å². The van der Waals surface area contributed by atoms with Crippen molar-refractivity contribution in [1.29, 1.82) is 0 Å². The maximum absolute atomic E-state index is 12.1. The molecular formula is C14H21NO5S. The molecule has 1 rings (SSSR count). The van der Waals surface area contributed by atoms with Gasteiger partial charge in [0.25, 0.3) is 0 Å². The number of carboxylic acids is 1. The highest BCUT2D eigenvalue weighted by Gasteiger charge is 2.19. The van der Waals surface area contributed by atoms with Gasteiger partial charge in [0.1, 0.15) is 11.3 Å². The van der Waals surface area contributed by atoms with Gasteiger partial charge in [0, 0.05) is 6.54 Å². The molecule has 0 saturated heterocycles. The van der Waals surface area contributed by atoms with Crippen LogP contribution in [0.25, 0.3) is 0 Å². The van der Waals surface area contributed by atoms with Gasteiger partial charge in [-0.2, -0.15) is 0 Å². The lowest BCUT2D eigenvalue weighted by molar-refractivity contribution is 0.0693. The summed E-state index contributed by atoms with van der Waals surface area (Å²) in [5.74, 6) is -0.598. The van der Waals surface area contributed by atoms with Crippen LogP contribution in [0.1, 0.15) is 37.0 Å². The fourth-order valence-electron chi connectivity index (χ4n) is 1.82. The first-order valence-electron chi connectivity index (χ1n) is 6.69. The van der Waals surface area contributed by atoms with Crippen LogP contribution in [0.3, 0.4) is 0 Å². The number of methoxy groups -OCH3 is 1. The lowest BCUT2D eigenvalue weighted by Gasteiger charge is -2.10. The van der Waals surface area contributed by atoms with Crippen molar-refractivity contribution >= 4 is 16.0 Å². The molecule has 7 heteroatoms. The molecule has 21 heavy (non-hydrogen) atoms. The fourth-order valence-corrected chi connectivity index (χ4v) is 2.92. The molecule has 0 aliphatic carbocycles. The van der Waals surface area contributed by atoms with Crippen molar-refractivity contribution in [3.8, 4) is 5.75 Å². The van der Waals surface area contributed by atoms with Crippen LogP contribution in [0.15, 0.2) is 23.1 Å². The molecule has 0 unspecified atom stereocenters. The third-order valence-corrected chi connectivity index (χ3v) is 4.42. The molecule has 0 amide bonds. The number of carboxylic acid groups (broad SMARTS) is 1. The second kappa shape index (κ2) is 7.42. The van der Waals surface area contributed by atoms with E-state index in [-0.39, 0.29) is 16.2 Å². The summed E-state index contributed by atoms with van der Waals surface area (Å²) in [4.78, 5) is 11.0. The molecule has 1 aromatic carbocycles. The summed E-state index contributed by atoms with van der Waals surface area (Å²) in [6.07, 6.45) is 1.66. The average Bonchev–Trinajstić information content (AvgIpc) is 2.42. The van der Waals surface area contributed by atoms with Gasteiger partial charge in [0.2, 0.25) is 10.0 Å². The zero-order valence-electron chi connectivity index (χ0n) is 12.4. The summed E-state index contributed by atoms with van der Waals surface area (Å²) in [6.45, 7) is 4.46. The Labute approximate surface area is 125 Å². The Bertz CT molecular complexity index is 595. The topological polar surface area (TPSA) is 92.7 Å². The Balaban J connectivity index is 2.88. The zero-order chi connectivity index (χ0) is 16.0. The first-order valence-corrected chi connectivity index (χ1v) is 8.17. The summed E-state index contributed by atoms with van der Waals surface area (Å²) < 4.78 is 31.6. The largest absolute Gasteiger partial charge is 0.496 e. The molecule has 6 nitrogen and oxygen atoms in total. The Morgan fingerprint density at radius 2 is 2.05 bits per heavy atom. The van der Waals surface area contributed by atoms with Gasteiger partial charge in [-0.15, -0.1) is 0 Å². The predicted octanol–water partition coefficient (Wildman–Crippen LogP) is 2.11. The first kappa shape index (κ1) is 17.5. The van der Waals surface area contributed by atoms with E-state index in [1.54, 1.807) is 0 Å². The highest BCUT2D eigenvalue weighted by atomic mass is 32.2. The monoisotopic (exact) mass is 315 g/mol. The van der Waals surface area contributed by atoms with E-state index >= 15 is 0 Å². The van der Waals surface area contributed by atoms with E-state index in [4.69, 9.17) is 9.84 Å². The van der Waals surface area contributed by atoms with Crippen molar-refractivity contribution in [2.75, 3.05) is 13.7 Å². The minimum Gasteiger partial charge on any atom is -0.496 e. The molecule has 0 saturated carbocycles. The molecular weight excluding hydrogens is 294 g/mol. The molecule has 0 aliphatic rings. The van der Waals surface area contributed by atoms with Crippen molar-refractivity contribution in [1.82, 2.24) is 4.72 Å². The van der Waals surface area contributed by atoms with E-state index in [9.17, 15) is 13.2 Å². The Morgan fingerprint density at radius 3 is 2.57 bits per heavy atom. The smallest absolute Gasteiger partial charge is 0.339 e. The molecule has 0 heterocycles. The van der Waals surface area contributed by atoms with Crippen molar-refractivity contribution in [3.63, 3.8) is 0 Å². The maximum Gasteiger partial charge on any atom is 0.339 e. The Kier molecular flexibility index (Phi) is 6.17. The summed E-state index contributed by atoms with van der Waals surface area (Å²) in [5.41, 5.74) is -0.178. The number of ether oxygens (including phenoxy) is 1. The van der Waals surface area contributed by atoms with E-state index in [0.717, 1.165) is 18.9 Å². The average molecular weight is 315 g/mol. The number of sulfonamides is 1. The van der Waals surface area contributed by atoms with Gasteiger partial charge in [0.15, 0.2) is 0 Å². The van der Waals surface area contributed by atoms with Gasteiger partial charge in [-0.3, -0.25) is 0 Å². The SMILES string of the molecule is COc1ccc(S(=O)(=O)NCCCC(C)C)cc1C(=O)O. The summed E-state index contributed by atoms with van der Waals surface area (Å²) in [5, 5.41) is 9.07. The summed E-state index contributed by atoms with van der Waals surface area (Å²) in [7, 11) is -2.37. The molecule has 2 N–H and O–H groups in total. The summed E-state index contributed by atoms with van der Waals surface area (Å²) in [6, 6.07) is 3.77. The lowest BCUT2D eigenvalue weighted by atomic mass is 10.1. The summed E-state index contributed by atoms with van der Waals surface area (Å²) >= 11 is 0. The van der Waals surface area contributed by atoms with Crippen LogP contribution < -0.4 is 9.46 Å². The molecule has 1 aromatic rings. The van der Waals surface area contributed by atoms with E-state index in [0.29, 0.717) is 12.5 Å². The first-order chi connectivity index (χ1) is 9.77. The molecule has 0 aromatic heterocycles. The van der Waals surface area contributed by atoms with E-state index < -0.39 is 16.0 Å². The zero-order valence-corrected chi connectivity index (χ0v) is 13.2. The third kappa shape index (κ3) is 5.02. The fraction of sp³-hybridized carbons (Fsp3) is 0.500. The van der Waals surface area contributed by atoms with Crippen molar-refractivity contribution < 1.29 is 23.1 Å². The number of aromatic carboxylic acids is 1. The molecule has 0 fully saturated rings. The van der Waals surface area contributed by atoms with Gasteiger partial charge < -0.3 is 9.84 Å². The van der Waals surface area contributed by atoms with Gasteiger partial charge in [-0.1, -0.05) is 13.8 Å². The molecule has 0 bridgehead atoms. The number of hydrogen-bond donors (Lipinski definition) is 2. The van der Waals surface area contributed by atoms with Crippen LogP contribution in [0.2, 0.25) is 0 Å². The van der Waals surface area contributed by atoms with Crippen LogP contribution in [0, 0.1) is 5.92 Å². The van der Waals surface area contributed by atoms with Gasteiger partial charge >= 0.3 is 5.97 Å². The number of benzene rings is 1. The van der Waals surface area contributed by atoms with Crippen LogP contribution in [-0.2, 0) is 10.0 Å². The molecule has 118 valence electrons. The second-order valence-electron chi connectivity index (χ2n) is 5.10. The predicted molar refractivity (Wildman–Crippen MR) is 79.2 cm³/mol. The highest BCUT2D eigenvalue weighted by Crippen LogP contribution is 2.22. The van der Waals surface area contributed by atoms with Crippen LogP contribution in [0.5, 0.6) is 5.75 Å². The maximum atomic E-state index is 12.1. The van der Waals surface area contributed by atoms with Crippen molar-refractivity contribution in [3.05, 3.63) is 23.8 Å². The molecule has 0 spiro atoms. The number of carbonyl (C=O) groups is 1. The minimum absolute atomic E-state index is 0.0785. The van der Waals surface area contributed by atoms with Gasteiger partial charge in [-0.05, 0) is 37.0 Å². The molecule has 0 atom stereocenters. The normalized spacial score (nSPS) is 11.6. The van der Waals surface area contributed by atoms with Crippen molar-refractivity contribution in [2.24, 2.45) is 5.92 Å². The number of nitrogens with one attached hydrogen (secondary N) is 1. The van der Waals surface area contributed by atoms with Crippen LogP contribution in [-0.4, -0.2) is 33.1 Å². The molecule has 0 radical (unpaired) electrons. The number of rotatable bonds is 8. The van der Waals surface area contributed by atoms with Gasteiger partial charge in [-0.25, -0.2) is 17.9 Å². The quantitative estimate of drug-likeness (QED) is 0.717. The van der Waals surface area contributed by atoms with Crippen LogP contribution in [0.4, 0.5) is 0 Å². The van der Waals surface area contributed by atoms with Crippen molar-refractivity contribution in [2.45, 2.75) is 31.6 Å². The minimum atomic E-state index is -3.71. The third-order valence-electron chi connectivity index (χ3n) is 2.96. The molecule has 0 aliphatic heterocycles. The lowest BCUT2D eigenvalue weighted by Crippen LogP contribution is -2.25. The van der Waals surface area contributed by atoms with Gasteiger partial charge in [0.05, 0.1) is 12.0 Å². The Hall–Kier alpha value is -1.60. The number of hydrogen-bond acceptors (Lipinski definition) is 4. The highest BCUT2D eigenvalue weighted by molar-refractivity contribution is 7.89. The van der Waals surface area contributed by atoms with E-state index in [1.165, 1.54) is 19.2 Å². The second-order valence-corrected chi connectivity index (χ2v) is 6.87. The standard InChI is InChI=1S/C14H21NO5S/c1-10(2)5-4-8-15-21(18,19)11-6-7-13(20-3)12(9-11)14(16)17/h6-7,9-10,15H,4-5,8H2,1-3H3,(H,16,17).